The molecule has 0 N–H and O–H groups in total. The van der Waals surface area contributed by atoms with Gasteiger partial charge in [-0.1, -0.05) is 36.4 Å². The van der Waals surface area contributed by atoms with Crippen LogP contribution in [0, 0.1) is 0 Å². The van der Waals surface area contributed by atoms with Crippen molar-refractivity contribution in [1.29, 1.82) is 0 Å². The zero-order chi connectivity index (χ0) is 16.4. The van der Waals surface area contributed by atoms with Gasteiger partial charge in [-0.25, -0.2) is 0 Å². The van der Waals surface area contributed by atoms with Crippen molar-refractivity contribution in [3.8, 4) is 0 Å². The Hall–Kier alpha value is -2.13. The number of carbonyl (C=O) groups is 1. The molecule has 3 nitrogen and oxygen atoms in total. The molecule has 2 aromatic rings. The predicted molar refractivity (Wildman–Crippen MR) is 95.2 cm³/mol. The monoisotopic (exact) mass is 308 g/mol. The van der Waals surface area contributed by atoms with E-state index in [2.05, 4.69) is 38.1 Å². The molecule has 120 valence electrons. The lowest BCUT2D eigenvalue weighted by Gasteiger charge is -2.25. The van der Waals surface area contributed by atoms with E-state index in [1.54, 1.807) is 0 Å². The molecule has 1 heterocycles. The molecule has 23 heavy (non-hydrogen) atoms. The van der Waals surface area contributed by atoms with Crippen LogP contribution >= 0.6 is 0 Å². The molecule has 0 fully saturated rings. The highest BCUT2D eigenvalue weighted by atomic mass is 16.2. The Morgan fingerprint density at radius 2 is 1.65 bits per heavy atom. The molecular formula is C20H24N2O. The fourth-order valence-electron chi connectivity index (χ4n) is 3.43. The van der Waals surface area contributed by atoms with Gasteiger partial charge in [0.2, 0.25) is 5.91 Å². The highest BCUT2D eigenvalue weighted by molar-refractivity contribution is 6.12. The van der Waals surface area contributed by atoms with Gasteiger partial charge in [0.1, 0.15) is 0 Å². The second-order valence-electron chi connectivity index (χ2n) is 6.73. The number of anilines is 2. The minimum absolute atomic E-state index is 0.184. The summed E-state index contributed by atoms with van der Waals surface area (Å²) in [5.41, 5.74) is 2.67. The molecule has 0 saturated carbocycles. The first-order valence-corrected chi connectivity index (χ1v) is 8.18. The van der Waals surface area contributed by atoms with E-state index < -0.39 is 5.41 Å². The van der Waals surface area contributed by atoms with Gasteiger partial charge in [0, 0.05) is 5.69 Å². The van der Waals surface area contributed by atoms with Gasteiger partial charge >= 0.3 is 0 Å². The largest absolute Gasteiger partial charge is 0.309 e. The van der Waals surface area contributed by atoms with Crippen molar-refractivity contribution in [1.82, 2.24) is 4.90 Å². The fourth-order valence-corrected chi connectivity index (χ4v) is 3.43. The van der Waals surface area contributed by atoms with Crippen LogP contribution in [-0.4, -0.2) is 31.4 Å². The van der Waals surface area contributed by atoms with Crippen molar-refractivity contribution < 1.29 is 4.79 Å². The van der Waals surface area contributed by atoms with Crippen LogP contribution in [0.3, 0.4) is 0 Å². The molecule has 0 radical (unpaired) electrons. The zero-order valence-electron chi connectivity index (χ0n) is 14.1. The second-order valence-corrected chi connectivity index (χ2v) is 6.73. The third-order valence-electron chi connectivity index (χ3n) is 4.71. The van der Waals surface area contributed by atoms with Gasteiger partial charge in [0.15, 0.2) is 0 Å². The number of hydrogen-bond acceptors (Lipinski definition) is 2. The molecule has 0 bridgehead atoms. The third kappa shape index (κ3) is 2.77. The van der Waals surface area contributed by atoms with Crippen molar-refractivity contribution in [3.05, 3.63) is 60.2 Å². The summed E-state index contributed by atoms with van der Waals surface area (Å²) < 4.78 is 0. The molecule has 1 unspecified atom stereocenters. The minimum atomic E-state index is -0.442. The number of carbonyl (C=O) groups excluding carboxylic acids is 1. The van der Waals surface area contributed by atoms with Gasteiger partial charge in [-0.2, -0.15) is 0 Å². The maximum absolute atomic E-state index is 13.3. The summed E-state index contributed by atoms with van der Waals surface area (Å²) in [4.78, 5) is 17.3. The highest BCUT2D eigenvalue weighted by Crippen LogP contribution is 2.47. The van der Waals surface area contributed by atoms with Crippen LogP contribution in [0.2, 0.25) is 0 Å². The number of benzene rings is 2. The molecule has 1 atom stereocenters. The quantitative estimate of drug-likeness (QED) is 0.834. The van der Waals surface area contributed by atoms with Gasteiger partial charge in [-0.3, -0.25) is 9.69 Å². The number of rotatable bonds is 5. The molecule has 0 spiro atoms. The first-order valence-electron chi connectivity index (χ1n) is 8.18. The van der Waals surface area contributed by atoms with E-state index in [-0.39, 0.29) is 5.91 Å². The fraction of sp³-hybridized carbons (Fsp3) is 0.350. The number of hydrogen-bond donors (Lipinski definition) is 0. The molecule has 0 aromatic heterocycles. The Morgan fingerprint density at radius 3 is 2.35 bits per heavy atom. The normalized spacial score (nSPS) is 20.2. The molecule has 1 aliphatic rings. The lowest BCUT2D eigenvalue weighted by Crippen LogP contribution is -2.36. The molecule has 0 aliphatic carbocycles. The lowest BCUT2D eigenvalue weighted by molar-refractivity contribution is -0.122. The first-order chi connectivity index (χ1) is 11.0. The Bertz CT molecular complexity index is 696. The average Bonchev–Trinajstić information content (AvgIpc) is 2.77. The van der Waals surface area contributed by atoms with E-state index in [9.17, 15) is 4.79 Å². The SMILES string of the molecule is CN(C)CCCC1(C)C(=O)N(c2ccccc2)c2ccccc21. The summed E-state index contributed by atoms with van der Waals surface area (Å²) in [6.45, 7) is 3.09. The summed E-state index contributed by atoms with van der Waals surface area (Å²) in [5, 5.41) is 0. The summed E-state index contributed by atoms with van der Waals surface area (Å²) in [6, 6.07) is 18.1. The summed E-state index contributed by atoms with van der Waals surface area (Å²) in [5.74, 6) is 0.184. The second kappa shape index (κ2) is 6.17. The summed E-state index contributed by atoms with van der Waals surface area (Å²) in [6.07, 6.45) is 1.87. The molecule has 3 heteroatoms. The van der Waals surface area contributed by atoms with Crippen LogP contribution < -0.4 is 4.90 Å². The van der Waals surface area contributed by atoms with Crippen LogP contribution in [0.1, 0.15) is 25.3 Å². The maximum Gasteiger partial charge on any atom is 0.241 e. The van der Waals surface area contributed by atoms with Crippen molar-refractivity contribution in [2.45, 2.75) is 25.2 Å². The van der Waals surface area contributed by atoms with Gasteiger partial charge in [0.05, 0.1) is 11.1 Å². The summed E-state index contributed by atoms with van der Waals surface area (Å²) in [7, 11) is 4.14. The van der Waals surface area contributed by atoms with Crippen LogP contribution in [0.15, 0.2) is 54.6 Å². The number of fused-ring (bicyclic) bond motifs is 1. The molecule has 3 rings (SSSR count). The zero-order valence-corrected chi connectivity index (χ0v) is 14.1. The Balaban J connectivity index is 1.98. The van der Waals surface area contributed by atoms with E-state index in [4.69, 9.17) is 0 Å². The Kier molecular flexibility index (Phi) is 4.22. The van der Waals surface area contributed by atoms with Gasteiger partial charge in [0.25, 0.3) is 0 Å². The van der Waals surface area contributed by atoms with Crippen molar-refractivity contribution >= 4 is 17.3 Å². The van der Waals surface area contributed by atoms with Gasteiger partial charge in [-0.15, -0.1) is 0 Å². The molecule has 1 amide bonds. The van der Waals surface area contributed by atoms with E-state index in [0.717, 1.165) is 36.3 Å². The number of para-hydroxylation sites is 2. The molecule has 2 aromatic carbocycles. The molecule has 0 saturated heterocycles. The van der Waals surface area contributed by atoms with Crippen LogP contribution in [-0.2, 0) is 10.2 Å². The van der Waals surface area contributed by atoms with Gasteiger partial charge < -0.3 is 4.90 Å². The van der Waals surface area contributed by atoms with Crippen molar-refractivity contribution in [2.24, 2.45) is 0 Å². The minimum Gasteiger partial charge on any atom is -0.309 e. The molecular weight excluding hydrogens is 284 g/mol. The Morgan fingerprint density at radius 1 is 1.00 bits per heavy atom. The Labute approximate surface area is 138 Å². The van der Waals surface area contributed by atoms with Crippen LogP contribution in [0.4, 0.5) is 11.4 Å². The van der Waals surface area contributed by atoms with Crippen LogP contribution in [0.5, 0.6) is 0 Å². The standard InChI is InChI=1S/C20H24N2O/c1-20(14-9-15-21(2)3)17-12-7-8-13-18(17)22(19(20)23)16-10-5-4-6-11-16/h4-8,10-13H,9,14-15H2,1-3H3. The van der Waals surface area contributed by atoms with E-state index >= 15 is 0 Å². The van der Waals surface area contributed by atoms with E-state index in [0.29, 0.717) is 0 Å². The number of nitrogens with zero attached hydrogens (tertiary/aromatic N) is 2. The lowest BCUT2D eigenvalue weighted by atomic mass is 9.79. The van der Waals surface area contributed by atoms with Crippen molar-refractivity contribution in [2.75, 3.05) is 25.5 Å². The predicted octanol–water partition coefficient (Wildman–Crippen LogP) is 3.96. The van der Waals surface area contributed by atoms with Gasteiger partial charge in [-0.05, 0) is 64.2 Å². The average molecular weight is 308 g/mol. The van der Waals surface area contributed by atoms with E-state index in [1.165, 1.54) is 0 Å². The van der Waals surface area contributed by atoms with E-state index in [1.807, 2.05) is 47.4 Å². The highest BCUT2D eigenvalue weighted by Gasteiger charge is 2.47. The maximum atomic E-state index is 13.3. The number of amides is 1. The first kappa shape index (κ1) is 15.8. The summed E-state index contributed by atoms with van der Waals surface area (Å²) >= 11 is 0. The van der Waals surface area contributed by atoms with Crippen molar-refractivity contribution in [3.63, 3.8) is 0 Å². The third-order valence-corrected chi connectivity index (χ3v) is 4.71. The topological polar surface area (TPSA) is 23.6 Å². The molecule has 1 aliphatic heterocycles. The smallest absolute Gasteiger partial charge is 0.241 e. The van der Waals surface area contributed by atoms with Crippen LogP contribution in [0.25, 0.3) is 0 Å².